The number of pyridine rings is 1. The zero-order chi connectivity index (χ0) is 23.5. The number of carbonyl (C=O) groups excluding carboxylic acids is 1. The van der Waals surface area contributed by atoms with E-state index < -0.39 is 0 Å². The van der Waals surface area contributed by atoms with Crippen molar-refractivity contribution < 1.29 is 18.7 Å². The highest BCUT2D eigenvalue weighted by Crippen LogP contribution is 2.32. The molecule has 0 unspecified atom stereocenters. The highest BCUT2D eigenvalue weighted by Gasteiger charge is 2.18. The van der Waals surface area contributed by atoms with E-state index in [1.54, 1.807) is 30.3 Å². The molecule has 5 rings (SSSR count). The summed E-state index contributed by atoms with van der Waals surface area (Å²) in [4.78, 5) is 34.6. The average molecular weight is 460 g/mol. The van der Waals surface area contributed by atoms with Crippen molar-refractivity contribution in [3.8, 4) is 17.1 Å². The van der Waals surface area contributed by atoms with Gasteiger partial charge in [-0.2, -0.15) is 0 Å². The fraction of sp³-hybridized carbons (Fsp3) is 0.240. The summed E-state index contributed by atoms with van der Waals surface area (Å²) in [6.45, 7) is 2.77. The molecular formula is C25H24N4O5. The van der Waals surface area contributed by atoms with Crippen molar-refractivity contribution in [2.45, 2.75) is 6.54 Å². The highest BCUT2D eigenvalue weighted by atomic mass is 16.5. The smallest absolute Gasteiger partial charge is 0.254 e. The van der Waals surface area contributed by atoms with Crippen molar-refractivity contribution >= 4 is 22.6 Å². The first-order valence-corrected chi connectivity index (χ1v) is 11.0. The van der Waals surface area contributed by atoms with Gasteiger partial charge < -0.3 is 29.1 Å². The lowest BCUT2D eigenvalue weighted by Gasteiger charge is -2.27. The second-order valence-electron chi connectivity index (χ2n) is 7.97. The van der Waals surface area contributed by atoms with E-state index in [1.165, 1.54) is 12.5 Å². The molecule has 1 saturated heterocycles. The van der Waals surface area contributed by atoms with Crippen molar-refractivity contribution in [3.63, 3.8) is 0 Å². The predicted molar refractivity (Wildman–Crippen MR) is 127 cm³/mol. The molecule has 2 aromatic heterocycles. The van der Waals surface area contributed by atoms with Crippen LogP contribution >= 0.6 is 0 Å². The number of aromatic amines is 1. The number of rotatable bonds is 6. The van der Waals surface area contributed by atoms with Crippen LogP contribution in [-0.4, -0.2) is 54.2 Å². The maximum absolute atomic E-state index is 12.8. The van der Waals surface area contributed by atoms with E-state index in [1.807, 2.05) is 24.3 Å². The third-order valence-electron chi connectivity index (χ3n) is 5.80. The lowest BCUT2D eigenvalue weighted by Crippen LogP contribution is -2.40. The predicted octanol–water partition coefficient (Wildman–Crippen LogP) is 3.28. The normalized spacial score (nSPS) is 13.7. The minimum atomic E-state index is -0.143. The van der Waals surface area contributed by atoms with E-state index in [-0.39, 0.29) is 11.3 Å². The molecule has 9 nitrogen and oxygen atoms in total. The number of nitrogens with one attached hydrogen (secondary N) is 2. The second kappa shape index (κ2) is 9.40. The fourth-order valence-electron chi connectivity index (χ4n) is 4.04. The molecule has 34 heavy (non-hydrogen) atoms. The Morgan fingerprint density at radius 2 is 2.06 bits per heavy atom. The third-order valence-corrected chi connectivity index (χ3v) is 5.80. The van der Waals surface area contributed by atoms with Crippen molar-refractivity contribution in [1.82, 2.24) is 14.9 Å². The summed E-state index contributed by atoms with van der Waals surface area (Å²) in [6, 6.07) is 12.5. The van der Waals surface area contributed by atoms with Gasteiger partial charge in [-0.3, -0.25) is 9.59 Å². The Hall–Kier alpha value is -4.11. The molecule has 0 spiro atoms. The Morgan fingerprint density at radius 3 is 2.82 bits per heavy atom. The average Bonchev–Trinajstić information content (AvgIpc) is 3.42. The molecule has 1 aliphatic heterocycles. The minimum Gasteiger partial charge on any atom is -0.496 e. The third kappa shape index (κ3) is 4.38. The quantitative estimate of drug-likeness (QED) is 0.454. The number of benzene rings is 2. The summed E-state index contributed by atoms with van der Waals surface area (Å²) in [5.41, 5.74) is 2.71. The van der Waals surface area contributed by atoms with Crippen LogP contribution in [0.3, 0.4) is 0 Å². The van der Waals surface area contributed by atoms with Crippen LogP contribution in [0.4, 0.5) is 5.82 Å². The van der Waals surface area contributed by atoms with Gasteiger partial charge in [0.05, 0.1) is 37.6 Å². The van der Waals surface area contributed by atoms with Gasteiger partial charge in [0.1, 0.15) is 11.6 Å². The molecule has 2 aromatic carbocycles. The van der Waals surface area contributed by atoms with Gasteiger partial charge in [-0.1, -0.05) is 12.1 Å². The van der Waals surface area contributed by atoms with Crippen LogP contribution in [-0.2, 0) is 11.3 Å². The number of fused-ring (bicyclic) bond motifs is 1. The standard InChI is InChI=1S/C25H24N4O5/c1-32-22-11-20-18(10-19(22)23-14-26-15-34-23)21(30)12-24(28-20)27-13-16-3-2-4-17(9-16)25(31)29-5-7-33-8-6-29/h2-4,9-12,14-15H,5-8,13H2,1H3,(H2,27,28,30). The number of aromatic nitrogens is 2. The summed E-state index contributed by atoms with van der Waals surface area (Å²) >= 11 is 0. The molecule has 174 valence electrons. The Labute approximate surface area is 195 Å². The first-order chi connectivity index (χ1) is 16.6. The van der Waals surface area contributed by atoms with E-state index in [9.17, 15) is 9.59 Å². The maximum atomic E-state index is 12.8. The zero-order valence-corrected chi connectivity index (χ0v) is 18.7. The minimum absolute atomic E-state index is 0.00100. The van der Waals surface area contributed by atoms with Gasteiger partial charge in [-0.05, 0) is 23.8 Å². The summed E-state index contributed by atoms with van der Waals surface area (Å²) in [5.74, 6) is 1.65. The lowest BCUT2D eigenvalue weighted by molar-refractivity contribution is 0.0303. The first-order valence-electron chi connectivity index (χ1n) is 11.0. The van der Waals surface area contributed by atoms with Crippen LogP contribution in [0, 0.1) is 0 Å². The number of methoxy groups -OCH3 is 1. The van der Waals surface area contributed by atoms with Crippen molar-refractivity contribution in [2.24, 2.45) is 0 Å². The van der Waals surface area contributed by atoms with Gasteiger partial charge in [0, 0.05) is 42.7 Å². The van der Waals surface area contributed by atoms with Gasteiger partial charge in [0.25, 0.3) is 5.91 Å². The number of morpholine rings is 1. The van der Waals surface area contributed by atoms with Gasteiger partial charge in [0.2, 0.25) is 0 Å². The SMILES string of the molecule is COc1cc2[nH]c(NCc3cccc(C(=O)N4CCOCC4)c3)cc(=O)c2cc1-c1cnco1. The zero-order valence-electron chi connectivity index (χ0n) is 18.7. The summed E-state index contributed by atoms with van der Waals surface area (Å²) < 4.78 is 16.2. The largest absolute Gasteiger partial charge is 0.496 e. The number of hydrogen-bond donors (Lipinski definition) is 2. The van der Waals surface area contributed by atoms with Crippen LogP contribution in [0.15, 0.2) is 64.3 Å². The van der Waals surface area contributed by atoms with Crippen LogP contribution in [0.25, 0.3) is 22.2 Å². The van der Waals surface area contributed by atoms with Crippen LogP contribution in [0.5, 0.6) is 5.75 Å². The number of amides is 1. The van der Waals surface area contributed by atoms with Crippen LogP contribution in [0.2, 0.25) is 0 Å². The molecule has 3 heterocycles. The molecular weight excluding hydrogens is 436 g/mol. The Morgan fingerprint density at radius 1 is 1.21 bits per heavy atom. The van der Waals surface area contributed by atoms with E-state index in [2.05, 4.69) is 15.3 Å². The monoisotopic (exact) mass is 460 g/mol. The summed E-state index contributed by atoms with van der Waals surface area (Å²) in [5, 5.41) is 3.76. The molecule has 0 atom stereocenters. The Kier molecular flexibility index (Phi) is 6.01. The summed E-state index contributed by atoms with van der Waals surface area (Å²) in [6.07, 6.45) is 2.91. The molecule has 4 aromatic rings. The highest BCUT2D eigenvalue weighted by molar-refractivity contribution is 5.94. The van der Waals surface area contributed by atoms with Crippen molar-refractivity contribution in [2.75, 3.05) is 38.7 Å². The number of H-pyrrole nitrogens is 1. The molecule has 1 amide bonds. The number of ether oxygens (including phenoxy) is 2. The molecule has 0 bridgehead atoms. The second-order valence-corrected chi connectivity index (χ2v) is 7.97. The number of carbonyl (C=O) groups is 1. The Bertz CT molecular complexity index is 1370. The van der Waals surface area contributed by atoms with E-state index in [4.69, 9.17) is 13.9 Å². The van der Waals surface area contributed by atoms with Gasteiger partial charge >= 0.3 is 0 Å². The van der Waals surface area contributed by atoms with Gasteiger partial charge in [-0.25, -0.2) is 4.98 Å². The maximum Gasteiger partial charge on any atom is 0.254 e. The number of oxazole rings is 1. The summed E-state index contributed by atoms with van der Waals surface area (Å²) in [7, 11) is 1.56. The first kappa shape index (κ1) is 21.7. The van der Waals surface area contributed by atoms with E-state index in [0.29, 0.717) is 72.2 Å². The number of hydrogen-bond acceptors (Lipinski definition) is 7. The Balaban J connectivity index is 1.37. The lowest BCUT2D eigenvalue weighted by atomic mass is 10.1. The van der Waals surface area contributed by atoms with E-state index >= 15 is 0 Å². The van der Waals surface area contributed by atoms with Crippen LogP contribution in [0.1, 0.15) is 15.9 Å². The molecule has 2 N–H and O–H groups in total. The van der Waals surface area contributed by atoms with E-state index in [0.717, 1.165) is 5.56 Å². The fourth-order valence-corrected chi connectivity index (χ4v) is 4.04. The molecule has 0 saturated carbocycles. The van der Waals surface area contributed by atoms with Crippen molar-refractivity contribution in [1.29, 1.82) is 0 Å². The molecule has 0 radical (unpaired) electrons. The van der Waals surface area contributed by atoms with Gasteiger partial charge in [0.15, 0.2) is 17.6 Å². The molecule has 1 aliphatic rings. The topological polar surface area (TPSA) is 110 Å². The number of nitrogens with zero attached hydrogens (tertiary/aromatic N) is 2. The number of anilines is 1. The molecule has 1 fully saturated rings. The van der Waals surface area contributed by atoms with Gasteiger partial charge in [-0.15, -0.1) is 0 Å². The van der Waals surface area contributed by atoms with Crippen LogP contribution < -0.4 is 15.5 Å². The van der Waals surface area contributed by atoms with Crippen molar-refractivity contribution in [3.05, 3.63) is 76.4 Å². The molecule has 9 heteroatoms. The molecule has 0 aliphatic carbocycles.